The summed E-state index contributed by atoms with van der Waals surface area (Å²) in [6.45, 7) is 5.81. The number of hydrogen-bond acceptors (Lipinski definition) is 4. The maximum absolute atomic E-state index is 10.8. The van der Waals surface area contributed by atoms with E-state index in [1.54, 1.807) is 12.1 Å². The van der Waals surface area contributed by atoms with Crippen LogP contribution in [0.1, 0.15) is 12.0 Å². The third kappa shape index (κ3) is 5.83. The van der Waals surface area contributed by atoms with E-state index in [0.29, 0.717) is 36.9 Å². The van der Waals surface area contributed by atoms with Crippen LogP contribution < -0.4 is 5.32 Å². The van der Waals surface area contributed by atoms with Gasteiger partial charge in [-0.05, 0) is 18.6 Å². The second-order valence-electron chi connectivity index (χ2n) is 3.90. The molecule has 1 rings (SSSR count). The van der Waals surface area contributed by atoms with Crippen molar-refractivity contribution in [1.29, 1.82) is 0 Å². The van der Waals surface area contributed by atoms with Gasteiger partial charge in [-0.15, -0.1) is 6.58 Å². The Bertz CT molecular complexity index is 438. The van der Waals surface area contributed by atoms with Gasteiger partial charge in [-0.1, -0.05) is 17.7 Å². The normalized spacial score (nSPS) is 10.4. The minimum atomic E-state index is -0.409. The third-order valence-corrected chi connectivity index (χ3v) is 2.68. The van der Waals surface area contributed by atoms with E-state index in [2.05, 4.69) is 11.9 Å². The van der Waals surface area contributed by atoms with Crippen molar-refractivity contribution in [2.45, 2.75) is 13.0 Å². The quantitative estimate of drug-likeness (QED) is 0.328. The highest BCUT2D eigenvalue weighted by Crippen LogP contribution is 2.22. The lowest BCUT2D eigenvalue weighted by molar-refractivity contribution is -0.385. The summed E-state index contributed by atoms with van der Waals surface area (Å²) in [4.78, 5) is 10.4. The van der Waals surface area contributed by atoms with Gasteiger partial charge in [-0.2, -0.15) is 0 Å². The molecule has 0 spiro atoms. The molecule has 0 bridgehead atoms. The number of rotatable bonds is 9. The van der Waals surface area contributed by atoms with E-state index in [9.17, 15) is 10.1 Å². The molecule has 1 aromatic rings. The van der Waals surface area contributed by atoms with Crippen molar-refractivity contribution in [2.24, 2.45) is 0 Å². The first-order valence-corrected chi connectivity index (χ1v) is 6.35. The molecule has 0 aliphatic carbocycles. The van der Waals surface area contributed by atoms with E-state index in [1.807, 2.05) is 0 Å². The van der Waals surface area contributed by atoms with E-state index in [-0.39, 0.29) is 5.69 Å². The summed E-state index contributed by atoms with van der Waals surface area (Å²) >= 11 is 5.83. The van der Waals surface area contributed by atoms with Crippen molar-refractivity contribution in [3.8, 4) is 0 Å². The zero-order valence-electron chi connectivity index (χ0n) is 10.6. The lowest BCUT2D eigenvalue weighted by atomic mass is 10.2. The smallest absolute Gasteiger partial charge is 0.273 e. The van der Waals surface area contributed by atoms with Crippen molar-refractivity contribution in [2.75, 3.05) is 19.8 Å². The summed E-state index contributed by atoms with van der Waals surface area (Å²) in [6.07, 6.45) is 2.61. The minimum absolute atomic E-state index is 0.0736. The van der Waals surface area contributed by atoms with Crippen LogP contribution in [0.4, 0.5) is 5.69 Å². The van der Waals surface area contributed by atoms with Gasteiger partial charge in [0.2, 0.25) is 0 Å². The molecule has 0 aliphatic rings. The molecule has 0 unspecified atom stereocenters. The first-order valence-electron chi connectivity index (χ1n) is 5.97. The zero-order valence-corrected chi connectivity index (χ0v) is 11.4. The van der Waals surface area contributed by atoms with Gasteiger partial charge >= 0.3 is 0 Å². The Labute approximate surface area is 117 Å². The fourth-order valence-electron chi connectivity index (χ4n) is 1.51. The molecule has 19 heavy (non-hydrogen) atoms. The van der Waals surface area contributed by atoms with Gasteiger partial charge in [0.05, 0.1) is 18.1 Å². The van der Waals surface area contributed by atoms with Gasteiger partial charge in [0.25, 0.3) is 5.69 Å². The van der Waals surface area contributed by atoms with Crippen LogP contribution in [-0.2, 0) is 11.3 Å². The number of ether oxygens (including phenoxy) is 1. The standard InChI is InChI=1S/C13H17ClN2O3/c1-2-3-7-19-8-6-15-10-11-9-12(14)4-5-13(11)16(17)18/h2,4-5,9,15H,1,3,6-8,10H2. The molecule has 1 aromatic carbocycles. The topological polar surface area (TPSA) is 64.4 Å². The van der Waals surface area contributed by atoms with Crippen LogP contribution in [0.5, 0.6) is 0 Å². The molecule has 0 atom stereocenters. The Morgan fingerprint density at radius 3 is 2.95 bits per heavy atom. The van der Waals surface area contributed by atoms with Gasteiger partial charge < -0.3 is 10.1 Å². The van der Waals surface area contributed by atoms with Crippen molar-refractivity contribution < 1.29 is 9.66 Å². The van der Waals surface area contributed by atoms with E-state index in [1.165, 1.54) is 12.1 Å². The number of nitro benzene ring substituents is 1. The number of nitro groups is 1. The van der Waals surface area contributed by atoms with Gasteiger partial charge in [0.1, 0.15) is 0 Å². The monoisotopic (exact) mass is 284 g/mol. The number of benzene rings is 1. The SMILES string of the molecule is C=CCCOCCNCc1cc(Cl)ccc1[N+](=O)[O-]. The summed E-state index contributed by atoms with van der Waals surface area (Å²) in [5.41, 5.74) is 0.646. The summed E-state index contributed by atoms with van der Waals surface area (Å²) in [7, 11) is 0. The fourth-order valence-corrected chi connectivity index (χ4v) is 1.70. The number of nitrogens with zero attached hydrogens (tertiary/aromatic N) is 1. The minimum Gasteiger partial charge on any atom is -0.380 e. The summed E-state index contributed by atoms with van der Waals surface area (Å²) in [5, 5.41) is 14.4. The average Bonchev–Trinajstić information content (AvgIpc) is 2.37. The molecule has 0 saturated carbocycles. The van der Waals surface area contributed by atoms with Gasteiger partial charge in [0, 0.05) is 29.7 Å². The zero-order chi connectivity index (χ0) is 14.1. The molecule has 0 fully saturated rings. The second-order valence-corrected chi connectivity index (χ2v) is 4.33. The Morgan fingerprint density at radius 1 is 1.47 bits per heavy atom. The molecule has 1 N–H and O–H groups in total. The van der Waals surface area contributed by atoms with Crippen LogP contribution in [0.15, 0.2) is 30.9 Å². The maximum Gasteiger partial charge on any atom is 0.273 e. The van der Waals surface area contributed by atoms with Crippen LogP contribution in [0, 0.1) is 10.1 Å². The van der Waals surface area contributed by atoms with E-state index in [4.69, 9.17) is 16.3 Å². The van der Waals surface area contributed by atoms with Gasteiger partial charge in [-0.3, -0.25) is 10.1 Å². The molecular formula is C13H17ClN2O3. The molecule has 0 heterocycles. The Kier molecular flexibility index (Phi) is 7.10. The van der Waals surface area contributed by atoms with E-state index < -0.39 is 4.92 Å². The van der Waals surface area contributed by atoms with Crippen molar-refractivity contribution in [1.82, 2.24) is 5.32 Å². The van der Waals surface area contributed by atoms with Crippen LogP contribution in [0.3, 0.4) is 0 Å². The Balaban J connectivity index is 2.38. The van der Waals surface area contributed by atoms with Gasteiger partial charge in [-0.25, -0.2) is 0 Å². The molecule has 0 aromatic heterocycles. The number of halogens is 1. The largest absolute Gasteiger partial charge is 0.380 e. The van der Waals surface area contributed by atoms with Gasteiger partial charge in [0.15, 0.2) is 0 Å². The highest BCUT2D eigenvalue weighted by atomic mass is 35.5. The van der Waals surface area contributed by atoms with Crippen molar-refractivity contribution in [3.05, 3.63) is 51.6 Å². The summed E-state index contributed by atoms with van der Waals surface area (Å²) in [5.74, 6) is 0. The predicted octanol–water partition coefficient (Wildman–Crippen LogP) is 2.93. The van der Waals surface area contributed by atoms with Crippen LogP contribution in [0.2, 0.25) is 5.02 Å². The predicted molar refractivity (Wildman–Crippen MR) is 75.4 cm³/mol. The molecule has 0 amide bonds. The maximum atomic E-state index is 10.8. The molecule has 0 radical (unpaired) electrons. The lowest BCUT2D eigenvalue weighted by Gasteiger charge is -2.06. The highest BCUT2D eigenvalue weighted by Gasteiger charge is 2.12. The lowest BCUT2D eigenvalue weighted by Crippen LogP contribution is -2.20. The van der Waals surface area contributed by atoms with Crippen molar-refractivity contribution in [3.63, 3.8) is 0 Å². The Morgan fingerprint density at radius 2 is 2.26 bits per heavy atom. The van der Waals surface area contributed by atoms with Crippen LogP contribution in [0.25, 0.3) is 0 Å². The summed E-state index contributed by atoms with van der Waals surface area (Å²) < 4.78 is 5.32. The van der Waals surface area contributed by atoms with Crippen LogP contribution in [-0.4, -0.2) is 24.7 Å². The van der Waals surface area contributed by atoms with Crippen molar-refractivity contribution >= 4 is 17.3 Å². The van der Waals surface area contributed by atoms with E-state index >= 15 is 0 Å². The van der Waals surface area contributed by atoms with Crippen LogP contribution >= 0.6 is 11.6 Å². The third-order valence-electron chi connectivity index (χ3n) is 2.44. The molecule has 6 heteroatoms. The molecule has 104 valence electrons. The molecule has 0 aliphatic heterocycles. The Hall–Kier alpha value is -1.43. The fraction of sp³-hybridized carbons (Fsp3) is 0.385. The molecule has 0 saturated heterocycles. The first-order chi connectivity index (χ1) is 9.15. The highest BCUT2D eigenvalue weighted by molar-refractivity contribution is 6.30. The number of nitrogens with one attached hydrogen (secondary N) is 1. The average molecular weight is 285 g/mol. The summed E-state index contributed by atoms with van der Waals surface area (Å²) in [6, 6.07) is 4.53. The first kappa shape index (κ1) is 15.6. The second kappa shape index (κ2) is 8.63. The molecule has 5 nitrogen and oxygen atoms in total. The number of hydrogen-bond donors (Lipinski definition) is 1. The molecular weight excluding hydrogens is 268 g/mol. The van der Waals surface area contributed by atoms with E-state index in [0.717, 1.165) is 6.42 Å².